The molecule has 19 heavy (non-hydrogen) atoms. The second kappa shape index (κ2) is 6.72. The quantitative estimate of drug-likeness (QED) is 0.611. The fraction of sp³-hybridized carbons (Fsp3) is 0.462. The van der Waals surface area contributed by atoms with Crippen molar-refractivity contribution < 1.29 is 14.8 Å². The number of phenolic OH excluding ortho intramolecular Hbond substituents is 1. The standard InChI is InChI=1S/C13H18N2O4/c1-3-5-9(4-2)14-13(17)11-8-10(16)6-7-12(11)15(18)19/h6-9,16H,3-5H2,1-2H3,(H,14,17). The number of nitrogens with zero attached hydrogens (tertiary/aromatic N) is 1. The fourth-order valence-corrected chi connectivity index (χ4v) is 1.86. The number of hydrogen-bond donors (Lipinski definition) is 2. The summed E-state index contributed by atoms with van der Waals surface area (Å²) in [5.74, 6) is -0.692. The lowest BCUT2D eigenvalue weighted by Crippen LogP contribution is -2.34. The van der Waals surface area contributed by atoms with Crippen molar-refractivity contribution in [3.05, 3.63) is 33.9 Å². The van der Waals surface area contributed by atoms with E-state index in [2.05, 4.69) is 5.32 Å². The van der Waals surface area contributed by atoms with Gasteiger partial charge in [0, 0.05) is 12.1 Å². The second-order valence-corrected chi connectivity index (χ2v) is 4.33. The lowest BCUT2D eigenvalue weighted by molar-refractivity contribution is -0.385. The Morgan fingerprint density at radius 3 is 2.68 bits per heavy atom. The molecule has 1 amide bonds. The van der Waals surface area contributed by atoms with Gasteiger partial charge in [0.05, 0.1) is 4.92 Å². The maximum absolute atomic E-state index is 12.0. The van der Waals surface area contributed by atoms with Gasteiger partial charge in [-0.1, -0.05) is 20.3 Å². The van der Waals surface area contributed by atoms with Gasteiger partial charge in [-0.25, -0.2) is 0 Å². The zero-order chi connectivity index (χ0) is 14.4. The highest BCUT2D eigenvalue weighted by Gasteiger charge is 2.22. The van der Waals surface area contributed by atoms with Gasteiger partial charge in [0.15, 0.2) is 0 Å². The maximum atomic E-state index is 12.0. The van der Waals surface area contributed by atoms with Crippen molar-refractivity contribution in [2.45, 2.75) is 39.2 Å². The zero-order valence-electron chi connectivity index (χ0n) is 11.0. The van der Waals surface area contributed by atoms with E-state index >= 15 is 0 Å². The van der Waals surface area contributed by atoms with Gasteiger partial charge in [-0.2, -0.15) is 0 Å². The van der Waals surface area contributed by atoms with E-state index in [9.17, 15) is 20.0 Å². The molecule has 1 rings (SSSR count). The molecule has 1 unspecified atom stereocenters. The Labute approximate surface area is 111 Å². The van der Waals surface area contributed by atoms with Crippen LogP contribution in [0, 0.1) is 10.1 Å². The predicted octanol–water partition coefficient (Wildman–Crippen LogP) is 2.61. The van der Waals surface area contributed by atoms with Crippen LogP contribution in [0.4, 0.5) is 5.69 Å². The topological polar surface area (TPSA) is 92.5 Å². The van der Waals surface area contributed by atoms with E-state index in [1.807, 2.05) is 13.8 Å². The number of benzene rings is 1. The number of nitrogens with one attached hydrogen (secondary N) is 1. The first-order chi connectivity index (χ1) is 8.99. The molecule has 0 fully saturated rings. The monoisotopic (exact) mass is 266 g/mol. The summed E-state index contributed by atoms with van der Waals surface area (Å²) in [7, 11) is 0. The SMILES string of the molecule is CCCC(CC)NC(=O)c1cc(O)ccc1[N+](=O)[O-]. The molecule has 0 bridgehead atoms. The summed E-state index contributed by atoms with van der Waals surface area (Å²) in [6, 6.07) is 3.43. The number of amides is 1. The first-order valence-electron chi connectivity index (χ1n) is 6.27. The van der Waals surface area contributed by atoms with Gasteiger partial charge < -0.3 is 10.4 Å². The molecule has 2 N–H and O–H groups in total. The molecule has 0 aliphatic carbocycles. The molecule has 0 heterocycles. The van der Waals surface area contributed by atoms with Gasteiger partial charge in [-0.15, -0.1) is 0 Å². The van der Waals surface area contributed by atoms with Crippen molar-refractivity contribution >= 4 is 11.6 Å². The number of hydrogen-bond acceptors (Lipinski definition) is 4. The Bertz CT molecular complexity index is 474. The van der Waals surface area contributed by atoms with Crippen LogP contribution in [0.1, 0.15) is 43.5 Å². The molecule has 0 aliphatic heterocycles. The summed E-state index contributed by atoms with van der Waals surface area (Å²) in [5, 5.41) is 23.0. The van der Waals surface area contributed by atoms with Crippen molar-refractivity contribution in [1.29, 1.82) is 0 Å². The molecule has 0 saturated carbocycles. The lowest BCUT2D eigenvalue weighted by atomic mass is 10.1. The number of carbonyl (C=O) groups excluding carboxylic acids is 1. The molecule has 6 nitrogen and oxygen atoms in total. The number of nitro groups is 1. The van der Waals surface area contributed by atoms with Gasteiger partial charge in [-0.3, -0.25) is 14.9 Å². The average Bonchev–Trinajstić information content (AvgIpc) is 2.37. The Morgan fingerprint density at radius 1 is 1.47 bits per heavy atom. The summed E-state index contributed by atoms with van der Waals surface area (Å²) in [4.78, 5) is 22.3. The maximum Gasteiger partial charge on any atom is 0.282 e. The minimum absolute atomic E-state index is 0.0144. The molecule has 0 radical (unpaired) electrons. The van der Waals surface area contributed by atoms with Crippen LogP contribution < -0.4 is 5.32 Å². The highest BCUT2D eigenvalue weighted by molar-refractivity contribution is 5.98. The molecule has 1 atom stereocenters. The molecular formula is C13H18N2O4. The minimum Gasteiger partial charge on any atom is -0.508 e. The van der Waals surface area contributed by atoms with E-state index in [1.54, 1.807) is 0 Å². The van der Waals surface area contributed by atoms with Crippen molar-refractivity contribution in [2.24, 2.45) is 0 Å². The number of carbonyl (C=O) groups is 1. The first-order valence-corrected chi connectivity index (χ1v) is 6.27. The first kappa shape index (κ1) is 14.9. The summed E-state index contributed by atoms with van der Waals surface area (Å²) in [5.41, 5.74) is -0.416. The third-order valence-electron chi connectivity index (χ3n) is 2.89. The number of rotatable bonds is 6. The van der Waals surface area contributed by atoms with Gasteiger partial charge in [0.1, 0.15) is 11.3 Å². The Balaban J connectivity index is 2.98. The van der Waals surface area contributed by atoms with E-state index in [0.717, 1.165) is 31.4 Å². The number of nitro benzene ring substituents is 1. The Kier molecular flexibility index (Phi) is 5.29. The zero-order valence-corrected chi connectivity index (χ0v) is 11.0. The second-order valence-electron chi connectivity index (χ2n) is 4.33. The van der Waals surface area contributed by atoms with Crippen LogP contribution >= 0.6 is 0 Å². The van der Waals surface area contributed by atoms with E-state index in [0.29, 0.717) is 0 Å². The summed E-state index contributed by atoms with van der Waals surface area (Å²) >= 11 is 0. The van der Waals surface area contributed by atoms with E-state index < -0.39 is 10.8 Å². The van der Waals surface area contributed by atoms with Crippen molar-refractivity contribution in [1.82, 2.24) is 5.32 Å². The summed E-state index contributed by atoms with van der Waals surface area (Å²) in [6.07, 6.45) is 2.49. The fourth-order valence-electron chi connectivity index (χ4n) is 1.86. The molecule has 0 saturated heterocycles. The molecule has 1 aromatic carbocycles. The largest absolute Gasteiger partial charge is 0.508 e. The van der Waals surface area contributed by atoms with Crippen LogP contribution in [0.5, 0.6) is 5.75 Å². The van der Waals surface area contributed by atoms with Gasteiger partial charge in [0.2, 0.25) is 0 Å². The third-order valence-corrected chi connectivity index (χ3v) is 2.89. The molecule has 1 aromatic rings. The van der Waals surface area contributed by atoms with E-state index in [-0.39, 0.29) is 23.0 Å². The van der Waals surface area contributed by atoms with E-state index in [4.69, 9.17) is 0 Å². The molecule has 104 valence electrons. The van der Waals surface area contributed by atoms with E-state index in [1.165, 1.54) is 6.07 Å². The van der Waals surface area contributed by atoms with Crippen LogP contribution in [0.25, 0.3) is 0 Å². The third kappa shape index (κ3) is 3.94. The lowest BCUT2D eigenvalue weighted by Gasteiger charge is -2.16. The van der Waals surface area contributed by atoms with Gasteiger partial charge >= 0.3 is 0 Å². The Hall–Kier alpha value is -2.11. The number of phenols is 1. The van der Waals surface area contributed by atoms with Crippen LogP contribution in [-0.4, -0.2) is 22.0 Å². The number of aromatic hydroxyl groups is 1. The molecule has 0 spiro atoms. The molecule has 0 aliphatic rings. The Morgan fingerprint density at radius 2 is 2.16 bits per heavy atom. The molecule has 6 heteroatoms. The highest BCUT2D eigenvalue weighted by Crippen LogP contribution is 2.23. The highest BCUT2D eigenvalue weighted by atomic mass is 16.6. The van der Waals surface area contributed by atoms with Gasteiger partial charge in [-0.05, 0) is 25.0 Å². The predicted molar refractivity (Wildman–Crippen MR) is 71.2 cm³/mol. The normalized spacial score (nSPS) is 11.9. The van der Waals surface area contributed by atoms with Gasteiger partial charge in [0.25, 0.3) is 11.6 Å². The average molecular weight is 266 g/mol. The van der Waals surface area contributed by atoms with Crippen LogP contribution in [-0.2, 0) is 0 Å². The summed E-state index contributed by atoms with van der Waals surface area (Å²) in [6.45, 7) is 3.95. The summed E-state index contributed by atoms with van der Waals surface area (Å²) < 4.78 is 0. The van der Waals surface area contributed by atoms with Crippen molar-refractivity contribution in [3.8, 4) is 5.75 Å². The van der Waals surface area contributed by atoms with Crippen LogP contribution in [0.15, 0.2) is 18.2 Å². The molecule has 0 aromatic heterocycles. The van der Waals surface area contributed by atoms with Crippen LogP contribution in [0.3, 0.4) is 0 Å². The van der Waals surface area contributed by atoms with Crippen LogP contribution in [0.2, 0.25) is 0 Å². The smallest absolute Gasteiger partial charge is 0.282 e. The van der Waals surface area contributed by atoms with Crippen molar-refractivity contribution in [2.75, 3.05) is 0 Å². The van der Waals surface area contributed by atoms with Crippen molar-refractivity contribution in [3.63, 3.8) is 0 Å². The molecular weight excluding hydrogens is 248 g/mol. The minimum atomic E-state index is -0.630.